The van der Waals surface area contributed by atoms with E-state index in [4.69, 9.17) is 4.74 Å². The first-order chi connectivity index (χ1) is 8.08. The van der Waals surface area contributed by atoms with E-state index in [0.717, 1.165) is 7.11 Å². The number of ether oxygens (including phenoxy) is 2. The predicted octanol–water partition coefficient (Wildman–Crippen LogP) is 0.0401. The van der Waals surface area contributed by atoms with Gasteiger partial charge in [0, 0.05) is 0 Å². The summed E-state index contributed by atoms with van der Waals surface area (Å²) in [6, 6.07) is -1.35. The van der Waals surface area contributed by atoms with Crippen molar-refractivity contribution < 1.29 is 31.7 Å². The number of methoxy groups -OCH3 is 1. The maximum Gasteiger partial charge on any atom is 0.426 e. The SMILES string of the molecule is COC(=O)[C@H]1COS(=O)(=O)N1C(=O)OC(C)(C)C. The van der Waals surface area contributed by atoms with Crippen LogP contribution in [0.25, 0.3) is 0 Å². The first-order valence-electron chi connectivity index (χ1n) is 5.08. The van der Waals surface area contributed by atoms with Crippen LogP contribution in [-0.2, 0) is 28.8 Å². The number of amides is 1. The van der Waals surface area contributed by atoms with Gasteiger partial charge in [0.1, 0.15) is 12.2 Å². The molecule has 1 fully saturated rings. The molecule has 1 saturated heterocycles. The van der Waals surface area contributed by atoms with Crippen molar-refractivity contribution >= 4 is 22.4 Å². The molecule has 0 bridgehead atoms. The molecular weight excluding hydrogens is 266 g/mol. The van der Waals surface area contributed by atoms with E-state index < -0.39 is 40.6 Å². The number of hydrogen-bond donors (Lipinski definition) is 0. The minimum Gasteiger partial charge on any atom is -0.467 e. The lowest BCUT2D eigenvalue weighted by atomic mass is 10.2. The molecule has 0 saturated carbocycles. The number of esters is 1. The third kappa shape index (κ3) is 3.10. The third-order valence-corrected chi connectivity index (χ3v) is 3.26. The number of nitrogens with zero attached hydrogens (tertiary/aromatic N) is 1. The van der Waals surface area contributed by atoms with Gasteiger partial charge in [-0.25, -0.2) is 9.59 Å². The predicted molar refractivity (Wildman–Crippen MR) is 58.7 cm³/mol. The molecule has 1 atom stereocenters. The van der Waals surface area contributed by atoms with Crippen molar-refractivity contribution in [2.75, 3.05) is 13.7 Å². The smallest absolute Gasteiger partial charge is 0.426 e. The quantitative estimate of drug-likeness (QED) is 0.625. The van der Waals surface area contributed by atoms with Crippen molar-refractivity contribution in [3.05, 3.63) is 0 Å². The van der Waals surface area contributed by atoms with Crippen LogP contribution in [0.3, 0.4) is 0 Å². The summed E-state index contributed by atoms with van der Waals surface area (Å²) < 4.78 is 37.0. The topological polar surface area (TPSA) is 99.2 Å². The lowest BCUT2D eigenvalue weighted by molar-refractivity contribution is -0.144. The molecule has 1 heterocycles. The fourth-order valence-electron chi connectivity index (χ4n) is 1.26. The van der Waals surface area contributed by atoms with Gasteiger partial charge in [0.05, 0.1) is 7.11 Å². The van der Waals surface area contributed by atoms with E-state index in [1.807, 2.05) is 0 Å². The van der Waals surface area contributed by atoms with Crippen LogP contribution < -0.4 is 0 Å². The summed E-state index contributed by atoms with van der Waals surface area (Å²) >= 11 is 0. The first kappa shape index (κ1) is 14.7. The summed E-state index contributed by atoms with van der Waals surface area (Å²) in [7, 11) is -3.22. The molecule has 0 aliphatic carbocycles. The van der Waals surface area contributed by atoms with E-state index in [2.05, 4.69) is 8.92 Å². The molecule has 0 N–H and O–H groups in total. The Morgan fingerprint density at radius 2 is 1.89 bits per heavy atom. The molecule has 104 valence electrons. The highest BCUT2D eigenvalue weighted by molar-refractivity contribution is 7.85. The molecule has 0 aromatic heterocycles. The van der Waals surface area contributed by atoms with E-state index in [1.165, 1.54) is 0 Å². The van der Waals surface area contributed by atoms with Gasteiger partial charge in [-0.15, -0.1) is 0 Å². The number of carbonyl (C=O) groups excluding carboxylic acids is 2. The molecule has 8 nitrogen and oxygen atoms in total. The maximum atomic E-state index is 11.7. The van der Waals surface area contributed by atoms with Crippen LogP contribution in [0.1, 0.15) is 20.8 Å². The molecular formula is C9H15NO7S. The fourth-order valence-corrected chi connectivity index (χ4v) is 2.35. The van der Waals surface area contributed by atoms with E-state index in [0.29, 0.717) is 0 Å². The van der Waals surface area contributed by atoms with E-state index in [1.54, 1.807) is 20.8 Å². The third-order valence-electron chi connectivity index (χ3n) is 1.95. The van der Waals surface area contributed by atoms with Crippen LogP contribution in [0.15, 0.2) is 0 Å². The lowest BCUT2D eigenvalue weighted by Gasteiger charge is -2.24. The second kappa shape index (κ2) is 4.73. The van der Waals surface area contributed by atoms with Crippen molar-refractivity contribution in [3.8, 4) is 0 Å². The highest BCUT2D eigenvalue weighted by Crippen LogP contribution is 2.23. The minimum atomic E-state index is -4.31. The van der Waals surface area contributed by atoms with Crippen molar-refractivity contribution in [1.82, 2.24) is 4.31 Å². The number of carbonyl (C=O) groups is 2. The minimum absolute atomic E-state index is 0.254. The van der Waals surface area contributed by atoms with Gasteiger partial charge in [0.2, 0.25) is 0 Å². The zero-order valence-electron chi connectivity index (χ0n) is 10.5. The van der Waals surface area contributed by atoms with Gasteiger partial charge in [-0.3, -0.25) is 4.18 Å². The van der Waals surface area contributed by atoms with Crippen LogP contribution in [0.2, 0.25) is 0 Å². The molecule has 1 aliphatic heterocycles. The summed E-state index contributed by atoms with van der Waals surface area (Å²) in [5.41, 5.74) is -0.893. The van der Waals surface area contributed by atoms with Crippen LogP contribution >= 0.6 is 0 Å². The molecule has 1 rings (SSSR count). The number of hydrogen-bond acceptors (Lipinski definition) is 7. The molecule has 0 radical (unpaired) electrons. The Balaban J connectivity index is 3.00. The molecule has 0 spiro atoms. The molecule has 0 aromatic rings. The molecule has 0 unspecified atom stereocenters. The summed E-state index contributed by atoms with van der Waals surface area (Å²) in [5, 5.41) is 0. The molecule has 18 heavy (non-hydrogen) atoms. The Kier molecular flexibility index (Phi) is 3.86. The fraction of sp³-hybridized carbons (Fsp3) is 0.778. The zero-order valence-corrected chi connectivity index (χ0v) is 11.3. The van der Waals surface area contributed by atoms with Crippen LogP contribution in [0.4, 0.5) is 4.79 Å². The van der Waals surface area contributed by atoms with Gasteiger partial charge in [-0.1, -0.05) is 0 Å². The molecule has 1 amide bonds. The van der Waals surface area contributed by atoms with Crippen LogP contribution in [0.5, 0.6) is 0 Å². The van der Waals surface area contributed by atoms with Gasteiger partial charge >= 0.3 is 22.4 Å². The van der Waals surface area contributed by atoms with E-state index in [9.17, 15) is 18.0 Å². The average Bonchev–Trinajstić information content (AvgIpc) is 2.50. The lowest BCUT2D eigenvalue weighted by Crippen LogP contribution is -2.46. The Morgan fingerprint density at radius 3 is 2.33 bits per heavy atom. The molecule has 0 aromatic carbocycles. The standard InChI is InChI=1S/C9H15NO7S/c1-9(2,3)17-8(12)10-6(7(11)15-4)5-16-18(10,13)14/h6H,5H2,1-4H3/t6-/m1/s1. The van der Waals surface area contributed by atoms with Gasteiger partial charge in [0.25, 0.3) is 0 Å². The number of rotatable bonds is 1. The van der Waals surface area contributed by atoms with Crippen molar-refractivity contribution in [2.24, 2.45) is 0 Å². The first-order valence-corrected chi connectivity index (χ1v) is 6.44. The van der Waals surface area contributed by atoms with Gasteiger partial charge in [0.15, 0.2) is 6.04 Å². The second-order valence-electron chi connectivity index (χ2n) is 4.56. The zero-order chi connectivity index (χ0) is 14.1. The van der Waals surface area contributed by atoms with Crippen molar-refractivity contribution in [1.29, 1.82) is 0 Å². The Hall–Kier alpha value is -1.35. The molecule has 1 aliphatic rings. The second-order valence-corrected chi connectivity index (χ2v) is 6.04. The van der Waals surface area contributed by atoms with Gasteiger partial charge in [-0.05, 0) is 20.8 Å². The Morgan fingerprint density at radius 1 is 1.33 bits per heavy atom. The highest BCUT2D eigenvalue weighted by atomic mass is 32.2. The summed E-state index contributed by atoms with van der Waals surface area (Å²) in [5.74, 6) is -0.887. The molecule has 9 heteroatoms. The van der Waals surface area contributed by atoms with Crippen LogP contribution in [-0.4, -0.2) is 50.1 Å². The Bertz CT molecular complexity index is 450. The summed E-state index contributed by atoms with van der Waals surface area (Å²) in [6.45, 7) is 4.24. The largest absolute Gasteiger partial charge is 0.467 e. The van der Waals surface area contributed by atoms with Gasteiger partial charge in [-0.2, -0.15) is 12.7 Å². The highest BCUT2D eigenvalue weighted by Gasteiger charge is 2.48. The van der Waals surface area contributed by atoms with Crippen molar-refractivity contribution in [3.63, 3.8) is 0 Å². The van der Waals surface area contributed by atoms with E-state index in [-0.39, 0.29) is 4.31 Å². The van der Waals surface area contributed by atoms with Gasteiger partial charge < -0.3 is 9.47 Å². The summed E-state index contributed by atoms with van der Waals surface area (Å²) in [4.78, 5) is 23.1. The normalized spacial score (nSPS) is 22.7. The maximum absolute atomic E-state index is 11.7. The summed E-state index contributed by atoms with van der Waals surface area (Å²) in [6.07, 6.45) is -1.17. The monoisotopic (exact) mass is 281 g/mol. The average molecular weight is 281 g/mol. The van der Waals surface area contributed by atoms with Crippen molar-refractivity contribution in [2.45, 2.75) is 32.4 Å². The van der Waals surface area contributed by atoms with Crippen LogP contribution in [0, 0.1) is 0 Å². The van der Waals surface area contributed by atoms with E-state index >= 15 is 0 Å². The Labute approximate surface area is 105 Å².